The second kappa shape index (κ2) is 5.04. The molecular formula is C6H7N2NaO4S. The molecule has 0 aliphatic carbocycles. The second-order valence-corrected chi connectivity index (χ2v) is 3.39. The van der Waals surface area contributed by atoms with Crippen molar-refractivity contribution < 1.29 is 38.3 Å². The van der Waals surface area contributed by atoms with Gasteiger partial charge in [-0.25, -0.2) is 4.79 Å². The van der Waals surface area contributed by atoms with E-state index in [1.165, 1.54) is 14.1 Å². The molecule has 0 N–H and O–H groups in total. The van der Waals surface area contributed by atoms with Gasteiger partial charge in [-0.2, -0.15) is 0 Å². The molecule has 0 aromatic carbocycles. The number of hydrogen-bond acceptors (Lipinski definition) is 4. The van der Waals surface area contributed by atoms with Crippen LogP contribution in [0.1, 0.15) is 0 Å². The van der Waals surface area contributed by atoms with E-state index in [2.05, 4.69) is 0 Å². The topological polar surface area (TPSA) is 84.1 Å². The molecule has 72 valence electrons. The Kier molecular flexibility index (Phi) is 4.96. The Hall–Kier alpha value is -0.210. The van der Waals surface area contributed by atoms with Gasteiger partial charge in [0, 0.05) is 20.3 Å². The fourth-order valence-corrected chi connectivity index (χ4v) is 1.41. The Bertz CT molecular complexity index is 478. The summed E-state index contributed by atoms with van der Waals surface area (Å²) in [7, 11) is 2.60. The van der Waals surface area contributed by atoms with Gasteiger partial charge in [-0.3, -0.25) is 13.6 Å². The third-order valence-corrected chi connectivity index (χ3v) is 2.23. The van der Waals surface area contributed by atoms with E-state index in [-0.39, 0.29) is 29.6 Å². The van der Waals surface area contributed by atoms with E-state index in [9.17, 15) is 18.4 Å². The number of hydrogen-bond donors (Lipinski definition) is 0. The van der Waals surface area contributed by atoms with Crippen molar-refractivity contribution >= 4 is 11.1 Å². The van der Waals surface area contributed by atoms with Crippen molar-refractivity contribution in [3.8, 4) is 0 Å². The van der Waals surface area contributed by atoms with E-state index in [4.69, 9.17) is 0 Å². The van der Waals surface area contributed by atoms with Gasteiger partial charge in [0.1, 0.15) is 4.90 Å². The van der Waals surface area contributed by atoms with Crippen LogP contribution in [0.2, 0.25) is 0 Å². The van der Waals surface area contributed by atoms with Gasteiger partial charge < -0.3 is 9.12 Å². The van der Waals surface area contributed by atoms with Gasteiger partial charge in [-0.05, 0) is 11.1 Å². The first kappa shape index (κ1) is 13.8. The number of rotatable bonds is 1. The van der Waals surface area contributed by atoms with E-state index in [0.717, 1.165) is 15.3 Å². The number of nitrogens with zero attached hydrogens (tertiary/aromatic N) is 2. The van der Waals surface area contributed by atoms with E-state index in [1.807, 2.05) is 0 Å². The van der Waals surface area contributed by atoms with Crippen LogP contribution >= 0.6 is 0 Å². The maximum atomic E-state index is 11.1. The zero-order valence-corrected chi connectivity index (χ0v) is 10.8. The smallest absolute Gasteiger partial charge is 0.768 e. The van der Waals surface area contributed by atoms with E-state index >= 15 is 0 Å². The van der Waals surface area contributed by atoms with Crippen LogP contribution in [0.25, 0.3) is 0 Å². The molecular weight excluding hydrogens is 219 g/mol. The normalized spacial score (nSPS) is 11.9. The van der Waals surface area contributed by atoms with Crippen LogP contribution in [0.4, 0.5) is 0 Å². The van der Waals surface area contributed by atoms with Crippen LogP contribution in [0.5, 0.6) is 0 Å². The molecule has 0 aliphatic heterocycles. The summed E-state index contributed by atoms with van der Waals surface area (Å²) >= 11 is -2.61. The van der Waals surface area contributed by atoms with Crippen LogP contribution in [0, 0.1) is 0 Å². The summed E-state index contributed by atoms with van der Waals surface area (Å²) in [6.45, 7) is 0. The van der Waals surface area contributed by atoms with Crippen LogP contribution < -0.4 is 40.8 Å². The summed E-state index contributed by atoms with van der Waals surface area (Å²) in [5.74, 6) is 0. The number of aromatic nitrogens is 2. The quantitative estimate of drug-likeness (QED) is 0.356. The maximum Gasteiger partial charge on any atom is 1.00 e. The minimum absolute atomic E-state index is 0. The predicted octanol–water partition coefficient (Wildman–Crippen LogP) is -4.67. The largest absolute Gasteiger partial charge is 1.00 e. The molecule has 6 nitrogen and oxygen atoms in total. The summed E-state index contributed by atoms with van der Waals surface area (Å²) in [4.78, 5) is 21.8. The van der Waals surface area contributed by atoms with Gasteiger partial charge in [0.15, 0.2) is 0 Å². The Labute approximate surface area is 104 Å². The average molecular weight is 226 g/mol. The second-order valence-electron chi connectivity index (χ2n) is 2.49. The van der Waals surface area contributed by atoms with Gasteiger partial charge >= 0.3 is 35.2 Å². The van der Waals surface area contributed by atoms with E-state index < -0.39 is 27.2 Å². The van der Waals surface area contributed by atoms with Crippen molar-refractivity contribution in [3.63, 3.8) is 0 Å². The maximum absolute atomic E-state index is 11.1. The third kappa shape index (κ3) is 2.43. The molecule has 14 heavy (non-hydrogen) atoms. The molecule has 0 aliphatic rings. The molecule has 0 fully saturated rings. The minimum atomic E-state index is -2.61. The molecule has 0 bridgehead atoms. The molecule has 1 rings (SSSR count). The summed E-state index contributed by atoms with van der Waals surface area (Å²) in [6.07, 6.45) is 0.994. The summed E-state index contributed by atoms with van der Waals surface area (Å²) in [6, 6.07) is 0. The molecule has 1 heterocycles. The summed E-state index contributed by atoms with van der Waals surface area (Å²) in [5, 5.41) is 0. The fourth-order valence-electron chi connectivity index (χ4n) is 0.889. The Morgan fingerprint density at radius 1 is 1.36 bits per heavy atom. The van der Waals surface area contributed by atoms with Gasteiger partial charge in [-0.15, -0.1) is 0 Å². The van der Waals surface area contributed by atoms with Gasteiger partial charge in [0.2, 0.25) is 0 Å². The molecule has 0 amide bonds. The summed E-state index contributed by atoms with van der Waals surface area (Å²) in [5.41, 5.74) is -1.37. The third-order valence-electron chi connectivity index (χ3n) is 1.59. The Balaban J connectivity index is 0.00000169. The van der Waals surface area contributed by atoms with Crippen LogP contribution in [-0.4, -0.2) is 17.9 Å². The van der Waals surface area contributed by atoms with E-state index in [0.29, 0.717) is 0 Å². The first-order chi connectivity index (χ1) is 5.95. The van der Waals surface area contributed by atoms with Crippen molar-refractivity contribution in [1.82, 2.24) is 9.13 Å². The van der Waals surface area contributed by atoms with Crippen LogP contribution in [0.3, 0.4) is 0 Å². The van der Waals surface area contributed by atoms with Gasteiger partial charge in [0.25, 0.3) is 5.56 Å². The van der Waals surface area contributed by atoms with Crippen molar-refractivity contribution in [2.24, 2.45) is 14.1 Å². The Morgan fingerprint density at radius 3 is 2.29 bits per heavy atom. The van der Waals surface area contributed by atoms with E-state index in [1.54, 1.807) is 0 Å². The van der Waals surface area contributed by atoms with Crippen molar-refractivity contribution in [2.75, 3.05) is 0 Å². The fraction of sp³-hybridized carbons (Fsp3) is 0.333. The molecule has 0 saturated carbocycles. The monoisotopic (exact) mass is 226 g/mol. The molecule has 1 unspecified atom stereocenters. The minimum Gasteiger partial charge on any atom is -0.768 e. The molecule has 0 radical (unpaired) electrons. The molecule has 0 spiro atoms. The van der Waals surface area contributed by atoms with Crippen molar-refractivity contribution in [3.05, 3.63) is 27.0 Å². The number of aryl methyl sites for hydroxylation is 1. The van der Waals surface area contributed by atoms with Crippen molar-refractivity contribution in [1.29, 1.82) is 0 Å². The zero-order chi connectivity index (χ0) is 10.2. The van der Waals surface area contributed by atoms with Gasteiger partial charge in [-0.1, -0.05) is 0 Å². The zero-order valence-electron chi connectivity index (χ0n) is 8.01. The molecule has 8 heteroatoms. The average Bonchev–Trinajstić information content (AvgIpc) is 2.07. The first-order valence-electron chi connectivity index (χ1n) is 3.31. The molecule has 1 aromatic heterocycles. The van der Waals surface area contributed by atoms with Crippen LogP contribution in [-0.2, 0) is 25.2 Å². The molecule has 1 atom stereocenters. The standard InChI is InChI=1S/C6H8N2O4S.Na/c1-7-3-4(13(11)12)5(9)8(2)6(7)10;/h3H,1-2H3,(H,11,12);/q;+1/p-1. The van der Waals surface area contributed by atoms with Crippen LogP contribution in [0.15, 0.2) is 20.7 Å². The van der Waals surface area contributed by atoms with Gasteiger partial charge in [0.05, 0.1) is 0 Å². The SMILES string of the molecule is Cn1cc(S(=O)[O-])c(=O)n(C)c1=O.[Na+]. The summed E-state index contributed by atoms with van der Waals surface area (Å²) < 4.78 is 22.8. The predicted molar refractivity (Wildman–Crippen MR) is 44.1 cm³/mol. The Morgan fingerprint density at radius 2 is 1.86 bits per heavy atom. The molecule has 1 aromatic rings. The first-order valence-corrected chi connectivity index (χ1v) is 4.38. The molecule has 0 saturated heterocycles. The van der Waals surface area contributed by atoms with Crippen molar-refractivity contribution in [2.45, 2.75) is 4.90 Å².